The van der Waals surface area contributed by atoms with Crippen molar-refractivity contribution in [3.05, 3.63) is 59.2 Å². The molecule has 4 N–H and O–H groups in total. The molecule has 1 aromatic heterocycles. The highest BCUT2D eigenvalue weighted by atomic mass is 32.1. The van der Waals surface area contributed by atoms with E-state index in [0.717, 1.165) is 11.3 Å². The lowest BCUT2D eigenvalue weighted by atomic mass is 10.1. The van der Waals surface area contributed by atoms with Crippen LogP contribution >= 0.6 is 11.3 Å². The maximum Gasteiger partial charge on any atom is 0.261 e. The molecule has 0 unspecified atom stereocenters. The van der Waals surface area contributed by atoms with E-state index in [-0.39, 0.29) is 34.5 Å². The molecule has 0 spiro atoms. The lowest BCUT2D eigenvalue weighted by Gasteiger charge is -2.09. The van der Waals surface area contributed by atoms with Gasteiger partial charge in [0.05, 0.1) is 11.3 Å². The van der Waals surface area contributed by atoms with Crippen molar-refractivity contribution in [3.63, 3.8) is 0 Å². The lowest BCUT2D eigenvalue weighted by Crippen LogP contribution is -2.21. The van der Waals surface area contributed by atoms with E-state index in [4.69, 9.17) is 10.5 Å². The normalized spacial score (nSPS) is 10.3. The molecule has 0 radical (unpaired) electrons. The molecule has 154 valence electrons. The SMILES string of the molecule is CC(=O)Nc1ccc(-c2csc(NC(=O)c3ccccc3OCC(N)=O)n2)c(F)c1. The number of nitrogens with two attached hydrogens (primary N) is 1. The molecule has 8 nitrogen and oxygen atoms in total. The summed E-state index contributed by atoms with van der Waals surface area (Å²) in [6.07, 6.45) is 0. The number of para-hydroxylation sites is 1. The second-order valence-corrected chi connectivity index (χ2v) is 6.98. The van der Waals surface area contributed by atoms with Crippen LogP contribution in [-0.4, -0.2) is 29.3 Å². The van der Waals surface area contributed by atoms with Crippen LogP contribution in [0.25, 0.3) is 11.3 Å². The summed E-state index contributed by atoms with van der Waals surface area (Å²) < 4.78 is 19.7. The number of nitrogens with one attached hydrogen (secondary N) is 2. The van der Waals surface area contributed by atoms with Crippen molar-refractivity contribution in [2.24, 2.45) is 5.73 Å². The van der Waals surface area contributed by atoms with Gasteiger partial charge in [0.2, 0.25) is 5.91 Å². The molecular weight excluding hydrogens is 411 g/mol. The van der Waals surface area contributed by atoms with Crippen LogP contribution in [0.4, 0.5) is 15.2 Å². The number of carbonyl (C=O) groups excluding carboxylic acids is 3. The minimum absolute atomic E-state index is 0.196. The van der Waals surface area contributed by atoms with Crippen LogP contribution in [-0.2, 0) is 9.59 Å². The Morgan fingerprint density at radius 1 is 1.17 bits per heavy atom. The molecule has 0 atom stereocenters. The van der Waals surface area contributed by atoms with E-state index in [9.17, 15) is 18.8 Å². The number of aromatic nitrogens is 1. The third kappa shape index (κ3) is 5.17. The van der Waals surface area contributed by atoms with Crippen LogP contribution in [0.5, 0.6) is 5.75 Å². The Morgan fingerprint density at radius 2 is 1.93 bits per heavy atom. The molecule has 0 aliphatic carbocycles. The highest BCUT2D eigenvalue weighted by Crippen LogP contribution is 2.29. The van der Waals surface area contributed by atoms with Gasteiger partial charge < -0.3 is 15.8 Å². The van der Waals surface area contributed by atoms with E-state index in [1.165, 1.54) is 31.2 Å². The third-order valence-corrected chi connectivity index (χ3v) is 4.55. The van der Waals surface area contributed by atoms with E-state index in [1.54, 1.807) is 23.6 Å². The first-order chi connectivity index (χ1) is 14.3. The summed E-state index contributed by atoms with van der Waals surface area (Å²) in [5, 5.41) is 6.98. The van der Waals surface area contributed by atoms with Crippen molar-refractivity contribution in [1.82, 2.24) is 4.98 Å². The van der Waals surface area contributed by atoms with E-state index in [1.807, 2.05) is 0 Å². The maximum absolute atomic E-state index is 14.4. The van der Waals surface area contributed by atoms with Gasteiger partial charge in [-0.2, -0.15) is 0 Å². The summed E-state index contributed by atoms with van der Waals surface area (Å²) >= 11 is 1.12. The van der Waals surface area contributed by atoms with Gasteiger partial charge in [0.25, 0.3) is 11.8 Å². The number of rotatable bonds is 7. The van der Waals surface area contributed by atoms with E-state index in [2.05, 4.69) is 15.6 Å². The molecule has 30 heavy (non-hydrogen) atoms. The zero-order chi connectivity index (χ0) is 21.7. The Morgan fingerprint density at radius 3 is 2.63 bits per heavy atom. The quantitative estimate of drug-likeness (QED) is 0.534. The van der Waals surface area contributed by atoms with Gasteiger partial charge in [-0.25, -0.2) is 9.37 Å². The van der Waals surface area contributed by atoms with Crippen LogP contribution < -0.4 is 21.1 Å². The van der Waals surface area contributed by atoms with Gasteiger partial charge in [-0.1, -0.05) is 12.1 Å². The molecule has 3 rings (SSSR count). The smallest absolute Gasteiger partial charge is 0.261 e. The second kappa shape index (κ2) is 9.14. The molecule has 0 fully saturated rings. The first-order valence-corrected chi connectivity index (χ1v) is 9.56. The highest BCUT2D eigenvalue weighted by molar-refractivity contribution is 7.14. The molecule has 0 saturated carbocycles. The van der Waals surface area contributed by atoms with Gasteiger partial charge in [0.15, 0.2) is 11.7 Å². The van der Waals surface area contributed by atoms with Crippen LogP contribution in [0.3, 0.4) is 0 Å². The number of thiazole rings is 1. The summed E-state index contributed by atoms with van der Waals surface area (Å²) in [6.45, 7) is 0.970. The molecule has 0 aliphatic heterocycles. The number of hydrogen-bond donors (Lipinski definition) is 3. The molecule has 0 bridgehead atoms. The molecule has 0 aliphatic rings. The number of amides is 3. The lowest BCUT2D eigenvalue weighted by molar-refractivity contribution is -0.120. The average Bonchev–Trinajstić information content (AvgIpc) is 3.14. The fraction of sp³-hybridized carbons (Fsp3) is 0.100. The summed E-state index contributed by atoms with van der Waals surface area (Å²) in [4.78, 5) is 38.8. The van der Waals surface area contributed by atoms with Gasteiger partial charge in [0.1, 0.15) is 11.6 Å². The number of carbonyl (C=O) groups is 3. The Hall–Kier alpha value is -3.79. The van der Waals surface area contributed by atoms with Gasteiger partial charge in [-0.05, 0) is 30.3 Å². The fourth-order valence-corrected chi connectivity index (χ4v) is 3.26. The van der Waals surface area contributed by atoms with E-state index < -0.39 is 17.6 Å². The van der Waals surface area contributed by atoms with Gasteiger partial charge in [-0.15, -0.1) is 11.3 Å². The fourth-order valence-electron chi connectivity index (χ4n) is 2.55. The number of halogens is 1. The molecule has 10 heteroatoms. The van der Waals surface area contributed by atoms with E-state index in [0.29, 0.717) is 11.4 Å². The molecule has 3 aromatic rings. The molecule has 3 amide bonds. The minimum atomic E-state index is -0.665. The van der Waals surface area contributed by atoms with Crippen LogP contribution in [0, 0.1) is 5.82 Å². The standard InChI is InChI=1S/C20H17FN4O4S/c1-11(26)23-12-6-7-13(15(21)8-12)16-10-30-20(24-16)25-19(28)14-4-2-3-5-17(14)29-9-18(22)27/h2-8,10H,9H2,1H3,(H2,22,27)(H,23,26)(H,24,25,28). The van der Waals surface area contributed by atoms with Crippen LogP contribution in [0.1, 0.15) is 17.3 Å². The summed E-state index contributed by atoms with van der Waals surface area (Å²) in [5.41, 5.74) is 6.16. The van der Waals surface area contributed by atoms with Crippen molar-refractivity contribution >= 4 is 39.9 Å². The number of ether oxygens (including phenoxy) is 1. The van der Waals surface area contributed by atoms with Gasteiger partial charge in [-0.3, -0.25) is 19.7 Å². The summed E-state index contributed by atoms with van der Waals surface area (Å²) in [7, 11) is 0. The summed E-state index contributed by atoms with van der Waals surface area (Å²) in [6, 6.07) is 10.6. The van der Waals surface area contributed by atoms with Gasteiger partial charge in [0, 0.05) is 23.6 Å². The molecular formula is C20H17FN4O4S. The highest BCUT2D eigenvalue weighted by Gasteiger charge is 2.16. The van der Waals surface area contributed by atoms with Crippen LogP contribution in [0.15, 0.2) is 47.8 Å². The Kier molecular flexibility index (Phi) is 6.38. The molecule has 1 heterocycles. The van der Waals surface area contributed by atoms with Gasteiger partial charge >= 0.3 is 0 Å². The first-order valence-electron chi connectivity index (χ1n) is 8.68. The Labute approximate surface area is 174 Å². The first kappa shape index (κ1) is 20.9. The molecule has 0 saturated heterocycles. The Bertz CT molecular complexity index is 1120. The van der Waals surface area contributed by atoms with E-state index >= 15 is 0 Å². The van der Waals surface area contributed by atoms with Crippen molar-refractivity contribution in [2.45, 2.75) is 6.92 Å². The number of primary amides is 1. The number of hydrogen-bond acceptors (Lipinski definition) is 6. The zero-order valence-corrected chi connectivity index (χ0v) is 16.6. The van der Waals surface area contributed by atoms with Crippen LogP contribution in [0.2, 0.25) is 0 Å². The number of nitrogens with zero attached hydrogens (tertiary/aromatic N) is 1. The predicted octanol–water partition coefficient (Wildman–Crippen LogP) is 3.02. The van der Waals surface area contributed by atoms with Crippen molar-refractivity contribution < 1.29 is 23.5 Å². The zero-order valence-electron chi connectivity index (χ0n) is 15.8. The minimum Gasteiger partial charge on any atom is -0.483 e. The summed E-state index contributed by atoms with van der Waals surface area (Å²) in [5.74, 6) is -1.83. The van der Waals surface area contributed by atoms with Crippen molar-refractivity contribution in [3.8, 4) is 17.0 Å². The molecule has 2 aromatic carbocycles. The van der Waals surface area contributed by atoms with Crippen molar-refractivity contribution in [2.75, 3.05) is 17.2 Å². The average molecular weight is 428 g/mol. The third-order valence-electron chi connectivity index (χ3n) is 3.79. The Balaban J connectivity index is 1.76. The number of anilines is 2. The maximum atomic E-state index is 14.4. The predicted molar refractivity (Wildman–Crippen MR) is 111 cm³/mol. The second-order valence-electron chi connectivity index (χ2n) is 6.12. The largest absolute Gasteiger partial charge is 0.483 e. The van der Waals surface area contributed by atoms with Crippen molar-refractivity contribution in [1.29, 1.82) is 0 Å². The monoisotopic (exact) mass is 428 g/mol. The number of benzene rings is 2. The topological polar surface area (TPSA) is 123 Å².